The molecule has 0 atom stereocenters. The Labute approximate surface area is 129 Å². The number of nitro benzene ring substituents is 1. The van der Waals surface area contributed by atoms with E-state index in [1.807, 2.05) is 0 Å². The Morgan fingerprint density at radius 1 is 1.17 bits per heavy atom. The number of amides is 2. The molecule has 0 unspecified atom stereocenters. The second-order valence-electron chi connectivity index (χ2n) is 4.82. The lowest BCUT2D eigenvalue weighted by atomic mass is 10.1. The molecule has 0 spiro atoms. The average Bonchev–Trinajstić information content (AvgIpc) is 2.81. The molecule has 8 nitrogen and oxygen atoms in total. The Hall–Kier alpha value is -3.42. The lowest BCUT2D eigenvalue weighted by molar-refractivity contribution is -0.384. The van der Waals surface area contributed by atoms with Crippen molar-refractivity contribution in [2.24, 2.45) is 0 Å². The molecule has 2 aromatic rings. The molecule has 116 valence electrons. The number of non-ortho nitro benzene ring substituents is 1. The first-order valence-corrected chi connectivity index (χ1v) is 6.55. The van der Waals surface area contributed by atoms with Gasteiger partial charge in [-0.25, -0.2) is 0 Å². The van der Waals surface area contributed by atoms with E-state index in [-0.39, 0.29) is 34.9 Å². The van der Waals surface area contributed by atoms with Crippen LogP contribution in [0.5, 0.6) is 11.5 Å². The molecule has 0 bridgehead atoms. The van der Waals surface area contributed by atoms with Crippen molar-refractivity contribution in [3.63, 3.8) is 0 Å². The van der Waals surface area contributed by atoms with E-state index in [1.165, 1.54) is 24.3 Å². The van der Waals surface area contributed by atoms with Crippen LogP contribution < -0.4 is 10.1 Å². The maximum Gasteiger partial charge on any atom is 0.273 e. The molecule has 2 N–H and O–H groups in total. The molecule has 1 aliphatic heterocycles. The van der Waals surface area contributed by atoms with Gasteiger partial charge in [-0.2, -0.15) is 0 Å². The number of ether oxygens (including phenoxy) is 1. The van der Waals surface area contributed by atoms with Gasteiger partial charge in [-0.3, -0.25) is 25.0 Å². The van der Waals surface area contributed by atoms with Crippen LogP contribution in [0.25, 0.3) is 0 Å². The molecule has 0 aromatic heterocycles. The van der Waals surface area contributed by atoms with E-state index in [0.29, 0.717) is 5.56 Å². The number of nitrogens with zero attached hydrogens (tertiary/aromatic N) is 1. The van der Waals surface area contributed by atoms with E-state index in [4.69, 9.17) is 4.74 Å². The van der Waals surface area contributed by atoms with E-state index in [2.05, 4.69) is 5.32 Å². The Morgan fingerprint density at radius 2 is 1.96 bits per heavy atom. The van der Waals surface area contributed by atoms with Gasteiger partial charge in [0.1, 0.15) is 18.1 Å². The topological polar surface area (TPSA) is 119 Å². The molecule has 2 amide bonds. The SMILES string of the molecule is O=C1NC(=O)c2c(OCc3ccc([N+](=O)[O-])cc3O)cccc21. The van der Waals surface area contributed by atoms with Gasteiger partial charge in [-0.15, -0.1) is 0 Å². The van der Waals surface area contributed by atoms with Gasteiger partial charge in [0.25, 0.3) is 17.5 Å². The van der Waals surface area contributed by atoms with Gasteiger partial charge in [0.05, 0.1) is 22.1 Å². The minimum atomic E-state index is -0.621. The number of benzene rings is 2. The number of nitrogens with one attached hydrogen (secondary N) is 1. The van der Waals surface area contributed by atoms with Crippen molar-refractivity contribution < 1.29 is 24.4 Å². The molecule has 1 heterocycles. The predicted octanol–water partition coefficient (Wildman–Crippen LogP) is 1.76. The highest BCUT2D eigenvalue weighted by Crippen LogP contribution is 2.29. The Morgan fingerprint density at radius 3 is 2.65 bits per heavy atom. The zero-order valence-corrected chi connectivity index (χ0v) is 11.6. The van der Waals surface area contributed by atoms with Gasteiger partial charge in [0.2, 0.25) is 0 Å². The molecule has 0 saturated heterocycles. The summed E-state index contributed by atoms with van der Waals surface area (Å²) in [6.07, 6.45) is 0. The molecule has 1 aliphatic rings. The Bertz CT molecular complexity index is 846. The normalized spacial score (nSPS) is 12.7. The molecule has 0 fully saturated rings. The van der Waals surface area contributed by atoms with Crippen LogP contribution >= 0.6 is 0 Å². The number of rotatable bonds is 4. The predicted molar refractivity (Wildman–Crippen MR) is 77.3 cm³/mol. The molecule has 23 heavy (non-hydrogen) atoms. The maximum absolute atomic E-state index is 11.8. The second-order valence-corrected chi connectivity index (χ2v) is 4.82. The van der Waals surface area contributed by atoms with Gasteiger partial charge in [-0.05, 0) is 18.2 Å². The summed E-state index contributed by atoms with van der Waals surface area (Å²) in [5.74, 6) is -1.13. The monoisotopic (exact) mass is 314 g/mol. The summed E-state index contributed by atoms with van der Waals surface area (Å²) in [6.45, 7) is -0.109. The van der Waals surface area contributed by atoms with Crippen LogP contribution in [0, 0.1) is 10.1 Å². The van der Waals surface area contributed by atoms with Crippen LogP contribution in [0.1, 0.15) is 26.3 Å². The van der Waals surface area contributed by atoms with Crippen LogP contribution in [0.15, 0.2) is 36.4 Å². The molecule has 0 aliphatic carbocycles. The number of nitro groups is 1. The van der Waals surface area contributed by atoms with Crippen LogP contribution in [-0.2, 0) is 6.61 Å². The fraction of sp³-hybridized carbons (Fsp3) is 0.0667. The van der Waals surface area contributed by atoms with Crippen molar-refractivity contribution in [1.82, 2.24) is 5.32 Å². The van der Waals surface area contributed by atoms with Gasteiger partial charge in [0.15, 0.2) is 0 Å². The summed E-state index contributed by atoms with van der Waals surface area (Å²) < 4.78 is 5.49. The highest BCUT2D eigenvalue weighted by Gasteiger charge is 2.30. The van der Waals surface area contributed by atoms with Crippen molar-refractivity contribution in [1.29, 1.82) is 0 Å². The van der Waals surface area contributed by atoms with Crippen LogP contribution in [0.2, 0.25) is 0 Å². The van der Waals surface area contributed by atoms with E-state index in [1.54, 1.807) is 6.07 Å². The summed E-state index contributed by atoms with van der Waals surface area (Å²) >= 11 is 0. The number of carbonyl (C=O) groups is 2. The first-order chi connectivity index (χ1) is 11.0. The smallest absolute Gasteiger partial charge is 0.273 e. The third-order valence-corrected chi connectivity index (χ3v) is 3.39. The minimum Gasteiger partial charge on any atom is -0.507 e. The first-order valence-electron chi connectivity index (χ1n) is 6.55. The first kappa shape index (κ1) is 14.5. The van der Waals surface area contributed by atoms with Crippen LogP contribution in [-0.4, -0.2) is 21.8 Å². The zero-order chi connectivity index (χ0) is 16.6. The highest BCUT2D eigenvalue weighted by atomic mass is 16.6. The fourth-order valence-electron chi connectivity index (χ4n) is 2.25. The van der Waals surface area contributed by atoms with Gasteiger partial charge >= 0.3 is 0 Å². The number of hydrogen-bond donors (Lipinski definition) is 2. The number of hydrogen-bond acceptors (Lipinski definition) is 6. The Balaban J connectivity index is 1.84. The number of fused-ring (bicyclic) bond motifs is 1. The van der Waals surface area contributed by atoms with E-state index >= 15 is 0 Å². The van der Waals surface area contributed by atoms with Crippen molar-refractivity contribution in [3.8, 4) is 11.5 Å². The third kappa shape index (κ3) is 2.57. The fourth-order valence-corrected chi connectivity index (χ4v) is 2.25. The molecular formula is C15H10N2O6. The standard InChI is InChI=1S/C15H10N2O6/c18-11-6-9(17(21)22)5-4-8(11)7-23-12-3-1-2-10-13(12)15(20)16-14(10)19/h1-6,18H,7H2,(H,16,19,20). The van der Waals surface area contributed by atoms with Gasteiger partial charge in [0, 0.05) is 11.6 Å². The number of aromatic hydroxyl groups is 1. The van der Waals surface area contributed by atoms with E-state index in [9.17, 15) is 24.8 Å². The summed E-state index contributed by atoms with van der Waals surface area (Å²) in [4.78, 5) is 33.3. The van der Waals surface area contributed by atoms with Crippen LogP contribution in [0.3, 0.4) is 0 Å². The number of phenols is 1. The number of carbonyl (C=O) groups excluding carboxylic acids is 2. The number of imide groups is 1. The van der Waals surface area contributed by atoms with Gasteiger partial charge in [-0.1, -0.05) is 6.07 Å². The summed E-state index contributed by atoms with van der Waals surface area (Å²) in [6, 6.07) is 8.23. The lowest BCUT2D eigenvalue weighted by Gasteiger charge is -2.10. The van der Waals surface area contributed by atoms with Gasteiger partial charge < -0.3 is 9.84 Å². The maximum atomic E-state index is 11.8. The van der Waals surface area contributed by atoms with Crippen molar-refractivity contribution >= 4 is 17.5 Å². The molecule has 8 heteroatoms. The van der Waals surface area contributed by atoms with Crippen molar-refractivity contribution in [2.45, 2.75) is 6.61 Å². The molecular weight excluding hydrogens is 304 g/mol. The minimum absolute atomic E-state index is 0.109. The molecule has 0 radical (unpaired) electrons. The quantitative estimate of drug-likeness (QED) is 0.504. The van der Waals surface area contributed by atoms with Crippen molar-refractivity contribution in [3.05, 3.63) is 63.2 Å². The number of phenolic OH excluding ortho intramolecular Hbond substituents is 1. The summed E-state index contributed by atoms with van der Waals surface area (Å²) in [7, 11) is 0. The Kier molecular flexibility index (Phi) is 3.41. The summed E-state index contributed by atoms with van der Waals surface area (Å²) in [5.41, 5.74) is 0.439. The second kappa shape index (κ2) is 5.41. The summed E-state index contributed by atoms with van der Waals surface area (Å²) in [5, 5.41) is 22.6. The molecule has 3 rings (SSSR count). The average molecular weight is 314 g/mol. The van der Waals surface area contributed by atoms with E-state index in [0.717, 1.165) is 6.07 Å². The largest absolute Gasteiger partial charge is 0.507 e. The van der Waals surface area contributed by atoms with Crippen LogP contribution in [0.4, 0.5) is 5.69 Å². The van der Waals surface area contributed by atoms with Crippen molar-refractivity contribution in [2.75, 3.05) is 0 Å². The van der Waals surface area contributed by atoms with E-state index < -0.39 is 16.7 Å². The zero-order valence-electron chi connectivity index (χ0n) is 11.6. The molecule has 0 saturated carbocycles. The highest BCUT2D eigenvalue weighted by molar-refractivity contribution is 6.22. The third-order valence-electron chi connectivity index (χ3n) is 3.39. The lowest BCUT2D eigenvalue weighted by Crippen LogP contribution is -2.20. The molecule has 2 aromatic carbocycles.